The average Bonchev–Trinajstić information content (AvgIpc) is 2.30. The molecule has 0 aromatic heterocycles. The molecule has 1 atom stereocenters. The molecule has 0 radical (unpaired) electrons. The molecule has 1 aliphatic rings. The monoisotopic (exact) mass is 242 g/mol. The van der Waals surface area contributed by atoms with Crippen molar-refractivity contribution in [3.05, 3.63) is 0 Å². The topological polar surface area (TPSA) is 46.5 Å². The lowest BCUT2D eigenvalue weighted by molar-refractivity contribution is -0.146. The summed E-state index contributed by atoms with van der Waals surface area (Å²) in [6, 6.07) is 0. The molecule has 1 rings (SSSR count). The van der Waals surface area contributed by atoms with Crippen LogP contribution in [-0.4, -0.2) is 23.8 Å². The second-order valence-corrected chi connectivity index (χ2v) is 5.15. The SMILES string of the molecule is CCC[C@H]1CC[C@H](C(O)CC(=O)OCC)CC1. The number of hydrogen-bond acceptors (Lipinski definition) is 3. The van der Waals surface area contributed by atoms with Gasteiger partial charge in [0.05, 0.1) is 19.1 Å². The van der Waals surface area contributed by atoms with Gasteiger partial charge in [0.15, 0.2) is 0 Å². The Morgan fingerprint density at radius 2 is 1.94 bits per heavy atom. The maximum absolute atomic E-state index is 11.3. The van der Waals surface area contributed by atoms with E-state index in [0.717, 1.165) is 18.8 Å². The molecular formula is C14H26O3. The Kier molecular flexibility index (Phi) is 6.56. The summed E-state index contributed by atoms with van der Waals surface area (Å²) in [5, 5.41) is 9.99. The molecule has 0 aromatic carbocycles. The first-order chi connectivity index (χ1) is 8.17. The van der Waals surface area contributed by atoms with Crippen LogP contribution in [0.2, 0.25) is 0 Å². The Labute approximate surface area is 105 Å². The highest BCUT2D eigenvalue weighted by molar-refractivity contribution is 5.69. The fourth-order valence-electron chi connectivity index (χ4n) is 2.83. The highest BCUT2D eigenvalue weighted by atomic mass is 16.5. The van der Waals surface area contributed by atoms with Crippen molar-refractivity contribution in [2.24, 2.45) is 11.8 Å². The van der Waals surface area contributed by atoms with Gasteiger partial charge in [0.25, 0.3) is 0 Å². The van der Waals surface area contributed by atoms with Crippen LogP contribution in [0.5, 0.6) is 0 Å². The largest absolute Gasteiger partial charge is 0.466 e. The second kappa shape index (κ2) is 7.70. The van der Waals surface area contributed by atoms with E-state index in [0.29, 0.717) is 12.5 Å². The Hall–Kier alpha value is -0.570. The van der Waals surface area contributed by atoms with Gasteiger partial charge in [-0.05, 0) is 31.6 Å². The van der Waals surface area contributed by atoms with Gasteiger partial charge in [-0.15, -0.1) is 0 Å². The maximum atomic E-state index is 11.3. The first kappa shape index (κ1) is 14.5. The number of carbonyl (C=O) groups is 1. The van der Waals surface area contributed by atoms with Gasteiger partial charge >= 0.3 is 5.97 Å². The number of rotatable bonds is 6. The first-order valence-corrected chi connectivity index (χ1v) is 7.01. The number of aliphatic hydroxyl groups is 1. The number of esters is 1. The normalized spacial score (nSPS) is 26.5. The van der Waals surface area contributed by atoms with E-state index in [1.54, 1.807) is 6.92 Å². The zero-order chi connectivity index (χ0) is 12.7. The van der Waals surface area contributed by atoms with Gasteiger partial charge in [0.1, 0.15) is 0 Å². The molecule has 0 aliphatic heterocycles. The van der Waals surface area contributed by atoms with Crippen molar-refractivity contribution in [1.82, 2.24) is 0 Å². The summed E-state index contributed by atoms with van der Waals surface area (Å²) in [5.41, 5.74) is 0. The molecule has 0 bridgehead atoms. The summed E-state index contributed by atoms with van der Waals surface area (Å²) in [4.78, 5) is 11.3. The van der Waals surface area contributed by atoms with Crippen LogP contribution in [0.25, 0.3) is 0 Å². The molecule has 3 nitrogen and oxygen atoms in total. The van der Waals surface area contributed by atoms with Gasteiger partial charge in [-0.1, -0.05) is 32.6 Å². The lowest BCUT2D eigenvalue weighted by Crippen LogP contribution is -2.28. The van der Waals surface area contributed by atoms with Crippen LogP contribution in [-0.2, 0) is 9.53 Å². The van der Waals surface area contributed by atoms with Gasteiger partial charge in [0, 0.05) is 0 Å². The molecule has 0 aromatic rings. The molecule has 3 heteroatoms. The summed E-state index contributed by atoms with van der Waals surface area (Å²) in [6.07, 6.45) is 6.75. The molecule has 0 heterocycles. The van der Waals surface area contributed by atoms with Crippen LogP contribution >= 0.6 is 0 Å². The Morgan fingerprint density at radius 1 is 1.29 bits per heavy atom. The summed E-state index contributed by atoms with van der Waals surface area (Å²) in [7, 11) is 0. The fourth-order valence-corrected chi connectivity index (χ4v) is 2.83. The zero-order valence-electron chi connectivity index (χ0n) is 11.2. The van der Waals surface area contributed by atoms with E-state index in [2.05, 4.69) is 6.92 Å². The molecule has 1 fully saturated rings. The van der Waals surface area contributed by atoms with E-state index in [1.165, 1.54) is 25.7 Å². The van der Waals surface area contributed by atoms with Crippen LogP contribution in [0.4, 0.5) is 0 Å². The Morgan fingerprint density at radius 3 is 2.47 bits per heavy atom. The first-order valence-electron chi connectivity index (χ1n) is 7.01. The summed E-state index contributed by atoms with van der Waals surface area (Å²) >= 11 is 0. The van der Waals surface area contributed by atoms with Crippen molar-refractivity contribution >= 4 is 5.97 Å². The maximum Gasteiger partial charge on any atom is 0.308 e. The van der Waals surface area contributed by atoms with Crippen molar-refractivity contribution in [3.63, 3.8) is 0 Å². The Balaban J connectivity index is 2.25. The quantitative estimate of drug-likeness (QED) is 0.728. The van der Waals surface area contributed by atoms with Gasteiger partial charge in [-0.3, -0.25) is 4.79 Å². The van der Waals surface area contributed by atoms with E-state index in [-0.39, 0.29) is 12.4 Å². The van der Waals surface area contributed by atoms with Crippen molar-refractivity contribution < 1.29 is 14.6 Å². The fraction of sp³-hybridized carbons (Fsp3) is 0.929. The lowest BCUT2D eigenvalue weighted by Gasteiger charge is -2.31. The number of ether oxygens (including phenoxy) is 1. The van der Waals surface area contributed by atoms with E-state index in [1.807, 2.05) is 0 Å². The van der Waals surface area contributed by atoms with Gasteiger partial charge in [0.2, 0.25) is 0 Å². The van der Waals surface area contributed by atoms with Crippen LogP contribution in [0.3, 0.4) is 0 Å². The minimum Gasteiger partial charge on any atom is -0.466 e. The molecule has 1 unspecified atom stereocenters. The molecule has 0 spiro atoms. The van der Waals surface area contributed by atoms with Crippen LogP contribution < -0.4 is 0 Å². The minimum absolute atomic E-state index is 0.164. The predicted molar refractivity (Wildman–Crippen MR) is 67.6 cm³/mol. The van der Waals surface area contributed by atoms with Crippen molar-refractivity contribution in [2.45, 2.75) is 64.9 Å². The standard InChI is InChI=1S/C14H26O3/c1-3-5-11-6-8-12(9-7-11)13(15)10-14(16)17-4-2/h11-13,15H,3-10H2,1-2H3/t11-,12-,13?. The van der Waals surface area contributed by atoms with Crippen LogP contribution in [0.1, 0.15) is 58.8 Å². The molecule has 17 heavy (non-hydrogen) atoms. The molecule has 0 saturated heterocycles. The molecule has 1 saturated carbocycles. The van der Waals surface area contributed by atoms with Gasteiger partial charge < -0.3 is 9.84 Å². The summed E-state index contributed by atoms with van der Waals surface area (Å²) < 4.78 is 4.86. The minimum atomic E-state index is -0.503. The van der Waals surface area contributed by atoms with Gasteiger partial charge in [-0.2, -0.15) is 0 Å². The summed E-state index contributed by atoms with van der Waals surface area (Å²) in [5.74, 6) is 0.870. The molecule has 100 valence electrons. The van der Waals surface area contributed by atoms with Crippen LogP contribution in [0, 0.1) is 11.8 Å². The van der Waals surface area contributed by atoms with E-state index in [9.17, 15) is 9.90 Å². The second-order valence-electron chi connectivity index (χ2n) is 5.15. The van der Waals surface area contributed by atoms with Crippen LogP contribution in [0.15, 0.2) is 0 Å². The number of carbonyl (C=O) groups excluding carboxylic acids is 1. The molecule has 1 aliphatic carbocycles. The van der Waals surface area contributed by atoms with Crippen molar-refractivity contribution in [3.8, 4) is 0 Å². The smallest absolute Gasteiger partial charge is 0.308 e. The lowest BCUT2D eigenvalue weighted by atomic mass is 9.77. The zero-order valence-corrected chi connectivity index (χ0v) is 11.2. The van der Waals surface area contributed by atoms with E-state index < -0.39 is 6.10 Å². The third-order valence-corrected chi connectivity index (χ3v) is 3.81. The van der Waals surface area contributed by atoms with E-state index in [4.69, 9.17) is 4.74 Å². The summed E-state index contributed by atoms with van der Waals surface area (Å²) in [6.45, 7) is 4.41. The molecular weight excluding hydrogens is 216 g/mol. The average molecular weight is 242 g/mol. The number of aliphatic hydroxyl groups excluding tert-OH is 1. The highest BCUT2D eigenvalue weighted by Gasteiger charge is 2.27. The highest BCUT2D eigenvalue weighted by Crippen LogP contribution is 2.33. The third-order valence-electron chi connectivity index (χ3n) is 3.81. The van der Waals surface area contributed by atoms with E-state index >= 15 is 0 Å². The number of hydrogen-bond donors (Lipinski definition) is 1. The Bertz CT molecular complexity index is 220. The van der Waals surface area contributed by atoms with Crippen molar-refractivity contribution in [1.29, 1.82) is 0 Å². The third kappa shape index (κ3) is 5.07. The van der Waals surface area contributed by atoms with Crippen molar-refractivity contribution in [2.75, 3.05) is 6.61 Å². The molecule has 1 N–H and O–H groups in total. The molecule has 0 amide bonds. The van der Waals surface area contributed by atoms with Gasteiger partial charge in [-0.25, -0.2) is 0 Å². The predicted octanol–water partition coefficient (Wildman–Crippen LogP) is 2.91.